The maximum absolute atomic E-state index is 12.2. The Bertz CT molecular complexity index is 922. The third-order valence-electron chi connectivity index (χ3n) is 5.08. The van der Waals surface area contributed by atoms with Gasteiger partial charge in [-0.15, -0.1) is 32.9 Å². The molecule has 0 atom stereocenters. The zero-order valence-electron chi connectivity index (χ0n) is 15.4. The number of hydrogen-bond donors (Lipinski definition) is 1. The van der Waals surface area contributed by atoms with Gasteiger partial charge in [-0.2, -0.15) is 0 Å². The molecule has 3 heterocycles. The molecule has 3 aromatic rings. The topological polar surface area (TPSA) is 80.9 Å². The van der Waals surface area contributed by atoms with Gasteiger partial charge in [0.25, 0.3) is 11.8 Å². The van der Waals surface area contributed by atoms with Gasteiger partial charge in [-0.25, -0.2) is 4.98 Å². The lowest BCUT2D eigenvalue weighted by molar-refractivity contribution is 0.0946. The number of amides is 1. The molecule has 0 unspecified atom stereocenters. The van der Waals surface area contributed by atoms with Crippen LogP contribution < -0.4 is 5.32 Å². The van der Waals surface area contributed by atoms with Crippen molar-refractivity contribution in [1.29, 1.82) is 0 Å². The summed E-state index contributed by atoms with van der Waals surface area (Å²) in [6.45, 7) is 4.69. The highest BCUT2D eigenvalue weighted by Gasteiger charge is 2.27. The van der Waals surface area contributed by atoms with Gasteiger partial charge in [0.15, 0.2) is 0 Å². The first-order valence-corrected chi connectivity index (χ1v) is 10.9. The van der Waals surface area contributed by atoms with E-state index in [9.17, 15) is 4.79 Å². The summed E-state index contributed by atoms with van der Waals surface area (Å²) >= 11 is 3.03. The van der Waals surface area contributed by atoms with Gasteiger partial charge < -0.3 is 9.73 Å². The van der Waals surface area contributed by atoms with Crippen LogP contribution in [0.2, 0.25) is 0 Å². The lowest BCUT2D eigenvalue weighted by Crippen LogP contribution is -2.30. The molecule has 0 aliphatic heterocycles. The molecule has 27 heavy (non-hydrogen) atoms. The Labute approximate surface area is 166 Å². The van der Waals surface area contributed by atoms with Crippen molar-refractivity contribution in [3.63, 3.8) is 0 Å². The smallest absolute Gasteiger partial charge is 0.261 e. The van der Waals surface area contributed by atoms with Crippen LogP contribution in [0.15, 0.2) is 21.4 Å². The highest BCUT2D eigenvalue weighted by Crippen LogP contribution is 2.36. The number of thiophene rings is 1. The van der Waals surface area contributed by atoms with E-state index in [1.54, 1.807) is 5.51 Å². The second-order valence-electron chi connectivity index (χ2n) is 7.13. The van der Waals surface area contributed by atoms with E-state index in [1.165, 1.54) is 22.7 Å². The average Bonchev–Trinajstić information content (AvgIpc) is 3.41. The van der Waals surface area contributed by atoms with Gasteiger partial charge in [-0.1, -0.05) is 0 Å². The maximum atomic E-state index is 12.2. The van der Waals surface area contributed by atoms with Crippen molar-refractivity contribution in [3.8, 4) is 10.8 Å². The Morgan fingerprint density at radius 2 is 2.04 bits per heavy atom. The fourth-order valence-corrected chi connectivity index (χ4v) is 5.02. The molecule has 1 N–H and O–H groups in total. The minimum Gasteiger partial charge on any atom is -0.420 e. The Balaban J connectivity index is 1.28. The number of carbonyl (C=O) groups excluding carboxylic acids is 1. The number of thiazole rings is 1. The first-order valence-electron chi connectivity index (χ1n) is 9.17. The first-order chi connectivity index (χ1) is 13.1. The highest BCUT2D eigenvalue weighted by atomic mass is 32.1. The lowest BCUT2D eigenvalue weighted by atomic mass is 9.82. The van der Waals surface area contributed by atoms with Crippen LogP contribution in [-0.2, 0) is 0 Å². The standard InChI is InChI=1S/C19H22N4O2S2/c1-11-7-15(26-9-11)17(24)20-8-13-3-5-14(6-4-13)18-22-23-19(25-18)16-12(2)21-10-27-16/h7,9-10,13-14H,3-6,8H2,1-2H3,(H,20,24). The predicted octanol–water partition coefficient (Wildman–Crippen LogP) is 4.58. The Morgan fingerprint density at radius 1 is 1.22 bits per heavy atom. The molecule has 0 saturated heterocycles. The highest BCUT2D eigenvalue weighted by molar-refractivity contribution is 7.13. The fraction of sp³-hybridized carbons (Fsp3) is 0.474. The van der Waals surface area contributed by atoms with E-state index in [4.69, 9.17) is 4.42 Å². The van der Waals surface area contributed by atoms with Gasteiger partial charge in [0, 0.05) is 12.5 Å². The molecule has 1 fully saturated rings. The van der Waals surface area contributed by atoms with Crippen LogP contribution >= 0.6 is 22.7 Å². The quantitative estimate of drug-likeness (QED) is 0.676. The van der Waals surface area contributed by atoms with E-state index >= 15 is 0 Å². The molecule has 3 aromatic heterocycles. The Kier molecular flexibility index (Phi) is 5.36. The largest absolute Gasteiger partial charge is 0.420 e. The fourth-order valence-electron chi connectivity index (χ4n) is 3.49. The van der Waals surface area contributed by atoms with Gasteiger partial charge in [0.1, 0.15) is 4.88 Å². The number of hydrogen-bond acceptors (Lipinski definition) is 7. The van der Waals surface area contributed by atoms with Gasteiger partial charge in [0.2, 0.25) is 5.89 Å². The summed E-state index contributed by atoms with van der Waals surface area (Å²) in [6.07, 6.45) is 4.15. The molecule has 142 valence electrons. The van der Waals surface area contributed by atoms with Crippen LogP contribution in [0, 0.1) is 19.8 Å². The molecular formula is C19H22N4O2S2. The third-order valence-corrected chi connectivity index (χ3v) is 7.05. The molecule has 4 rings (SSSR count). The van der Waals surface area contributed by atoms with Crippen molar-refractivity contribution in [2.75, 3.05) is 6.54 Å². The number of nitrogens with one attached hydrogen (secondary N) is 1. The van der Waals surface area contributed by atoms with Crippen molar-refractivity contribution in [1.82, 2.24) is 20.5 Å². The summed E-state index contributed by atoms with van der Waals surface area (Å²) in [5, 5.41) is 13.6. The monoisotopic (exact) mass is 402 g/mol. The molecule has 0 bridgehead atoms. The summed E-state index contributed by atoms with van der Waals surface area (Å²) in [7, 11) is 0. The molecular weight excluding hydrogens is 380 g/mol. The zero-order chi connectivity index (χ0) is 18.8. The Morgan fingerprint density at radius 3 is 2.70 bits per heavy atom. The van der Waals surface area contributed by atoms with E-state index in [2.05, 4.69) is 20.5 Å². The van der Waals surface area contributed by atoms with Crippen molar-refractivity contribution < 1.29 is 9.21 Å². The van der Waals surface area contributed by atoms with Gasteiger partial charge >= 0.3 is 0 Å². The molecule has 8 heteroatoms. The average molecular weight is 403 g/mol. The number of carbonyl (C=O) groups is 1. The van der Waals surface area contributed by atoms with Crippen molar-refractivity contribution >= 4 is 28.6 Å². The maximum Gasteiger partial charge on any atom is 0.261 e. The molecule has 1 amide bonds. The van der Waals surface area contributed by atoms with Crippen molar-refractivity contribution in [2.45, 2.75) is 45.4 Å². The number of aryl methyl sites for hydroxylation is 2. The lowest BCUT2D eigenvalue weighted by Gasteiger charge is -2.26. The summed E-state index contributed by atoms with van der Waals surface area (Å²) in [5.74, 6) is 2.17. The van der Waals surface area contributed by atoms with Crippen LogP contribution in [0.5, 0.6) is 0 Å². The summed E-state index contributed by atoms with van der Waals surface area (Å²) in [5.41, 5.74) is 3.86. The van der Waals surface area contributed by atoms with E-state index in [0.717, 1.165) is 59.1 Å². The normalized spacial score (nSPS) is 19.9. The van der Waals surface area contributed by atoms with Crippen LogP contribution in [0.25, 0.3) is 10.8 Å². The van der Waals surface area contributed by atoms with Crippen LogP contribution in [0.3, 0.4) is 0 Å². The second-order valence-corrected chi connectivity index (χ2v) is 8.89. The molecule has 6 nitrogen and oxygen atoms in total. The second kappa shape index (κ2) is 7.90. The molecule has 1 saturated carbocycles. The number of nitrogens with zero attached hydrogens (tertiary/aromatic N) is 3. The third kappa shape index (κ3) is 4.11. The zero-order valence-corrected chi connectivity index (χ0v) is 17.0. The number of aromatic nitrogens is 3. The van der Waals surface area contributed by atoms with Crippen molar-refractivity contribution in [2.24, 2.45) is 5.92 Å². The van der Waals surface area contributed by atoms with E-state index in [-0.39, 0.29) is 5.91 Å². The molecule has 1 aliphatic rings. The Hall–Kier alpha value is -2.06. The van der Waals surface area contributed by atoms with E-state index in [0.29, 0.717) is 17.7 Å². The van der Waals surface area contributed by atoms with Crippen molar-refractivity contribution in [3.05, 3.63) is 39.0 Å². The van der Waals surface area contributed by atoms with Crippen LogP contribution in [0.4, 0.5) is 0 Å². The summed E-state index contributed by atoms with van der Waals surface area (Å²) in [4.78, 5) is 18.2. The summed E-state index contributed by atoms with van der Waals surface area (Å²) in [6, 6.07) is 1.94. The molecule has 0 aromatic carbocycles. The summed E-state index contributed by atoms with van der Waals surface area (Å²) < 4.78 is 5.92. The van der Waals surface area contributed by atoms with E-state index in [1.807, 2.05) is 25.3 Å². The molecule has 1 aliphatic carbocycles. The van der Waals surface area contributed by atoms with E-state index < -0.39 is 0 Å². The number of rotatable bonds is 5. The first kappa shape index (κ1) is 18.3. The minimum absolute atomic E-state index is 0.0386. The van der Waals surface area contributed by atoms with Gasteiger partial charge in [-0.05, 0) is 62.5 Å². The van der Waals surface area contributed by atoms with Gasteiger partial charge in [-0.3, -0.25) is 4.79 Å². The molecule has 0 spiro atoms. The predicted molar refractivity (Wildman–Crippen MR) is 106 cm³/mol. The minimum atomic E-state index is 0.0386. The molecule has 0 radical (unpaired) electrons. The SMILES string of the molecule is Cc1csc(C(=O)NCC2CCC(c3nnc(-c4scnc4C)o3)CC2)c1. The van der Waals surface area contributed by atoms with Crippen LogP contribution in [0.1, 0.15) is 58.4 Å². The van der Waals surface area contributed by atoms with Crippen LogP contribution in [-0.4, -0.2) is 27.6 Å². The van der Waals surface area contributed by atoms with Gasteiger partial charge in [0.05, 0.1) is 16.1 Å².